The van der Waals surface area contributed by atoms with Crippen molar-refractivity contribution in [1.29, 1.82) is 0 Å². The van der Waals surface area contributed by atoms with E-state index in [4.69, 9.17) is 5.73 Å². The van der Waals surface area contributed by atoms with Gasteiger partial charge in [0.15, 0.2) is 0 Å². The molecule has 0 atom stereocenters. The highest BCUT2D eigenvalue weighted by Gasteiger charge is 2.13. The first kappa shape index (κ1) is 20.1. The van der Waals surface area contributed by atoms with E-state index in [9.17, 15) is 14.4 Å². The SMILES string of the molecule is CCCCN(CC(N)=O)CC(=O)NCC(=O)Nc1ccccc1Br. The Morgan fingerprint density at radius 1 is 1.17 bits per heavy atom. The maximum Gasteiger partial charge on any atom is 0.243 e. The molecule has 0 spiro atoms. The predicted octanol–water partition coefficient (Wildman–Crippen LogP) is 1.09. The second kappa shape index (κ2) is 10.8. The van der Waals surface area contributed by atoms with Crippen LogP contribution in [0.1, 0.15) is 19.8 Å². The highest BCUT2D eigenvalue weighted by molar-refractivity contribution is 9.10. The summed E-state index contributed by atoms with van der Waals surface area (Å²) in [5, 5.41) is 5.24. The molecular formula is C16H23BrN4O3. The Morgan fingerprint density at radius 2 is 1.88 bits per heavy atom. The number of carbonyl (C=O) groups is 3. The first-order valence-electron chi connectivity index (χ1n) is 7.74. The smallest absolute Gasteiger partial charge is 0.243 e. The summed E-state index contributed by atoms with van der Waals surface area (Å²) in [6.45, 7) is 2.55. The average Bonchev–Trinajstić information content (AvgIpc) is 2.52. The van der Waals surface area contributed by atoms with Crippen LogP contribution in [0.25, 0.3) is 0 Å². The van der Waals surface area contributed by atoms with E-state index in [2.05, 4.69) is 26.6 Å². The second-order valence-corrected chi connectivity index (χ2v) is 6.19. The molecule has 0 bridgehead atoms. The Labute approximate surface area is 150 Å². The fraction of sp³-hybridized carbons (Fsp3) is 0.438. The van der Waals surface area contributed by atoms with Gasteiger partial charge in [0.2, 0.25) is 17.7 Å². The van der Waals surface area contributed by atoms with Crippen molar-refractivity contribution in [3.8, 4) is 0 Å². The number of nitrogens with two attached hydrogens (primary N) is 1. The fourth-order valence-corrected chi connectivity index (χ4v) is 2.39. The minimum atomic E-state index is -0.481. The first-order valence-corrected chi connectivity index (χ1v) is 8.53. The molecule has 8 heteroatoms. The van der Waals surface area contributed by atoms with Gasteiger partial charge in [-0.15, -0.1) is 0 Å². The molecule has 0 heterocycles. The van der Waals surface area contributed by atoms with E-state index in [1.807, 2.05) is 19.1 Å². The van der Waals surface area contributed by atoms with Crippen LogP contribution in [0.5, 0.6) is 0 Å². The van der Waals surface area contributed by atoms with Gasteiger partial charge >= 0.3 is 0 Å². The minimum Gasteiger partial charge on any atom is -0.369 e. The monoisotopic (exact) mass is 398 g/mol. The van der Waals surface area contributed by atoms with Gasteiger partial charge in [-0.3, -0.25) is 19.3 Å². The molecule has 132 valence electrons. The van der Waals surface area contributed by atoms with Gasteiger partial charge in [0.05, 0.1) is 25.3 Å². The third-order valence-corrected chi connectivity index (χ3v) is 3.86. The zero-order valence-corrected chi connectivity index (χ0v) is 15.3. The number of anilines is 1. The van der Waals surface area contributed by atoms with Crippen molar-refractivity contribution in [2.24, 2.45) is 5.73 Å². The molecule has 7 nitrogen and oxygen atoms in total. The minimum absolute atomic E-state index is 0.0244. The molecule has 0 aromatic heterocycles. The Hall–Kier alpha value is -1.93. The Morgan fingerprint density at radius 3 is 2.50 bits per heavy atom. The van der Waals surface area contributed by atoms with Crippen molar-refractivity contribution >= 4 is 39.3 Å². The van der Waals surface area contributed by atoms with Crippen molar-refractivity contribution < 1.29 is 14.4 Å². The van der Waals surface area contributed by atoms with Crippen LogP contribution in [0.3, 0.4) is 0 Å². The van der Waals surface area contributed by atoms with Gasteiger partial charge in [-0.05, 0) is 41.0 Å². The number of hydrogen-bond donors (Lipinski definition) is 3. The zero-order chi connectivity index (χ0) is 17.9. The third kappa shape index (κ3) is 8.07. The first-order chi connectivity index (χ1) is 11.4. The Bertz CT molecular complexity index is 580. The lowest BCUT2D eigenvalue weighted by atomic mass is 10.3. The molecule has 0 unspecified atom stereocenters. The summed E-state index contributed by atoms with van der Waals surface area (Å²) in [4.78, 5) is 36.5. The van der Waals surface area contributed by atoms with Crippen molar-refractivity contribution in [2.75, 3.05) is 31.5 Å². The van der Waals surface area contributed by atoms with Gasteiger partial charge in [-0.1, -0.05) is 25.5 Å². The quantitative estimate of drug-likeness (QED) is 0.548. The van der Waals surface area contributed by atoms with Gasteiger partial charge in [-0.25, -0.2) is 0 Å². The molecule has 1 rings (SSSR count). The van der Waals surface area contributed by atoms with E-state index in [-0.39, 0.29) is 31.4 Å². The Kier molecular flexibility index (Phi) is 9.03. The molecule has 0 saturated carbocycles. The summed E-state index contributed by atoms with van der Waals surface area (Å²) in [5.74, 6) is -1.13. The summed E-state index contributed by atoms with van der Waals surface area (Å²) >= 11 is 3.33. The number of hydrogen-bond acceptors (Lipinski definition) is 4. The van der Waals surface area contributed by atoms with Crippen molar-refractivity contribution in [2.45, 2.75) is 19.8 Å². The highest BCUT2D eigenvalue weighted by atomic mass is 79.9. The van der Waals surface area contributed by atoms with E-state index < -0.39 is 5.91 Å². The van der Waals surface area contributed by atoms with E-state index in [0.717, 1.165) is 17.3 Å². The molecule has 0 aliphatic rings. The topological polar surface area (TPSA) is 105 Å². The van der Waals surface area contributed by atoms with Crippen LogP contribution in [-0.2, 0) is 14.4 Å². The molecule has 0 aliphatic carbocycles. The largest absolute Gasteiger partial charge is 0.369 e. The molecule has 0 fully saturated rings. The summed E-state index contributed by atoms with van der Waals surface area (Å²) in [6, 6.07) is 7.20. The van der Waals surface area contributed by atoms with Crippen molar-refractivity contribution in [3.05, 3.63) is 28.7 Å². The average molecular weight is 399 g/mol. The molecule has 4 N–H and O–H groups in total. The number of primary amides is 1. The normalized spacial score (nSPS) is 10.5. The number of benzene rings is 1. The number of nitrogens with one attached hydrogen (secondary N) is 2. The van der Waals surface area contributed by atoms with Gasteiger partial charge in [0.25, 0.3) is 0 Å². The lowest BCUT2D eigenvalue weighted by Gasteiger charge is -2.19. The summed E-state index contributed by atoms with van der Waals surface area (Å²) in [6.07, 6.45) is 1.81. The maximum absolute atomic E-state index is 11.9. The number of halogens is 1. The number of para-hydroxylation sites is 1. The predicted molar refractivity (Wildman–Crippen MR) is 96.3 cm³/mol. The van der Waals surface area contributed by atoms with Crippen LogP contribution < -0.4 is 16.4 Å². The van der Waals surface area contributed by atoms with Gasteiger partial charge in [0, 0.05) is 4.47 Å². The number of amides is 3. The molecule has 0 aliphatic heterocycles. The van der Waals surface area contributed by atoms with Gasteiger partial charge in [-0.2, -0.15) is 0 Å². The molecule has 1 aromatic rings. The van der Waals surface area contributed by atoms with Crippen LogP contribution in [-0.4, -0.2) is 48.8 Å². The Balaban J connectivity index is 2.41. The number of rotatable bonds is 10. The molecule has 3 amide bonds. The molecule has 1 aromatic carbocycles. The van der Waals surface area contributed by atoms with Crippen LogP contribution in [0.2, 0.25) is 0 Å². The zero-order valence-electron chi connectivity index (χ0n) is 13.7. The summed E-state index contributed by atoms with van der Waals surface area (Å²) < 4.78 is 0.761. The van der Waals surface area contributed by atoms with Crippen LogP contribution in [0, 0.1) is 0 Å². The van der Waals surface area contributed by atoms with E-state index in [0.29, 0.717) is 12.2 Å². The number of nitrogens with zero attached hydrogens (tertiary/aromatic N) is 1. The van der Waals surface area contributed by atoms with Gasteiger partial charge < -0.3 is 16.4 Å². The van der Waals surface area contributed by atoms with E-state index in [1.54, 1.807) is 17.0 Å². The molecule has 0 saturated heterocycles. The summed E-state index contributed by atoms with van der Waals surface area (Å²) in [5.41, 5.74) is 5.82. The van der Waals surface area contributed by atoms with Crippen LogP contribution >= 0.6 is 15.9 Å². The van der Waals surface area contributed by atoms with Crippen LogP contribution in [0.4, 0.5) is 5.69 Å². The molecule has 0 radical (unpaired) electrons. The lowest BCUT2D eigenvalue weighted by Crippen LogP contribution is -2.43. The maximum atomic E-state index is 11.9. The molecular weight excluding hydrogens is 376 g/mol. The summed E-state index contributed by atoms with van der Waals surface area (Å²) in [7, 11) is 0. The van der Waals surface area contributed by atoms with Crippen molar-refractivity contribution in [1.82, 2.24) is 10.2 Å². The highest BCUT2D eigenvalue weighted by Crippen LogP contribution is 2.20. The fourth-order valence-electron chi connectivity index (χ4n) is 2.01. The number of unbranched alkanes of at least 4 members (excludes halogenated alkanes) is 1. The lowest BCUT2D eigenvalue weighted by molar-refractivity contribution is -0.126. The van der Waals surface area contributed by atoms with Crippen LogP contribution in [0.15, 0.2) is 28.7 Å². The standard InChI is InChI=1S/C16H23BrN4O3/c1-2-3-8-21(10-14(18)22)11-16(24)19-9-15(23)20-13-7-5-4-6-12(13)17/h4-7H,2-3,8-11H2,1H3,(H2,18,22)(H,19,24)(H,20,23). The number of carbonyl (C=O) groups excluding carboxylic acids is 3. The third-order valence-electron chi connectivity index (χ3n) is 3.17. The van der Waals surface area contributed by atoms with E-state index >= 15 is 0 Å². The molecule has 24 heavy (non-hydrogen) atoms. The van der Waals surface area contributed by atoms with Gasteiger partial charge in [0.1, 0.15) is 0 Å². The second-order valence-electron chi connectivity index (χ2n) is 5.34. The van der Waals surface area contributed by atoms with E-state index in [1.165, 1.54) is 0 Å². The van der Waals surface area contributed by atoms with Crippen molar-refractivity contribution in [3.63, 3.8) is 0 Å².